The van der Waals surface area contributed by atoms with Crippen LogP contribution in [0.5, 0.6) is 5.75 Å². The summed E-state index contributed by atoms with van der Waals surface area (Å²) in [6.07, 6.45) is 1.39. The number of pyridine rings is 1. The number of carboxylic acids is 1. The van der Waals surface area contributed by atoms with Gasteiger partial charge in [-0.2, -0.15) is 0 Å². The van der Waals surface area contributed by atoms with E-state index >= 15 is 0 Å². The maximum absolute atomic E-state index is 11.9. The Kier molecular flexibility index (Phi) is 3.86. The number of halogens is 1. The van der Waals surface area contributed by atoms with Gasteiger partial charge in [-0.15, -0.1) is 0 Å². The molecule has 6 nitrogen and oxygen atoms in total. The van der Waals surface area contributed by atoms with Gasteiger partial charge in [0.1, 0.15) is 16.5 Å². The summed E-state index contributed by atoms with van der Waals surface area (Å²) in [4.78, 5) is 26.4. The van der Waals surface area contributed by atoms with Crippen molar-refractivity contribution in [3.63, 3.8) is 0 Å². The second kappa shape index (κ2) is 5.58. The van der Waals surface area contributed by atoms with E-state index in [1.807, 2.05) is 0 Å². The van der Waals surface area contributed by atoms with Crippen LogP contribution in [0.2, 0.25) is 5.15 Å². The first kappa shape index (κ1) is 13.8. The van der Waals surface area contributed by atoms with Crippen LogP contribution in [0.25, 0.3) is 0 Å². The zero-order chi connectivity index (χ0) is 14.7. The molecular weight excluding hydrogens is 284 g/mol. The molecule has 1 aromatic carbocycles. The quantitative estimate of drug-likeness (QED) is 0.754. The van der Waals surface area contributed by atoms with Crippen molar-refractivity contribution in [3.05, 3.63) is 52.8 Å². The largest absolute Gasteiger partial charge is 0.507 e. The topological polar surface area (TPSA) is 99.5 Å². The highest BCUT2D eigenvalue weighted by molar-refractivity contribution is 6.29. The lowest BCUT2D eigenvalue weighted by atomic mass is 10.1. The Morgan fingerprint density at radius 2 is 1.95 bits per heavy atom. The van der Waals surface area contributed by atoms with Crippen molar-refractivity contribution in [2.45, 2.75) is 0 Å². The number of hydrogen-bond donors (Lipinski definition) is 3. The number of amides is 1. The monoisotopic (exact) mass is 292 g/mol. The fourth-order valence-corrected chi connectivity index (χ4v) is 1.71. The van der Waals surface area contributed by atoms with Crippen molar-refractivity contribution < 1.29 is 19.8 Å². The molecule has 0 aliphatic heterocycles. The molecular formula is C13H9ClN2O4. The normalized spacial score (nSPS) is 10.1. The van der Waals surface area contributed by atoms with Crippen molar-refractivity contribution in [1.82, 2.24) is 4.98 Å². The molecule has 0 bridgehead atoms. The summed E-state index contributed by atoms with van der Waals surface area (Å²) in [6, 6.07) is 6.61. The number of aromatic hydroxyl groups is 1. The van der Waals surface area contributed by atoms with Crippen LogP contribution in [0.4, 0.5) is 5.69 Å². The molecule has 0 saturated heterocycles. The molecule has 7 heteroatoms. The van der Waals surface area contributed by atoms with Gasteiger partial charge < -0.3 is 15.5 Å². The summed E-state index contributed by atoms with van der Waals surface area (Å²) >= 11 is 5.68. The van der Waals surface area contributed by atoms with E-state index < -0.39 is 17.6 Å². The standard InChI is InChI=1S/C13H9ClN2O4/c14-11-5-7(3-4-15-11)12(18)16-8-1-2-9(13(19)20)10(17)6-8/h1-6,17H,(H,16,18)(H,19,20). The zero-order valence-corrected chi connectivity index (χ0v) is 10.8. The number of carboxylic acid groups (broad SMARTS) is 1. The summed E-state index contributed by atoms with van der Waals surface area (Å²) < 4.78 is 0. The van der Waals surface area contributed by atoms with E-state index in [2.05, 4.69) is 10.3 Å². The molecule has 3 N–H and O–H groups in total. The van der Waals surface area contributed by atoms with E-state index in [1.54, 1.807) is 0 Å². The molecule has 20 heavy (non-hydrogen) atoms. The molecule has 2 rings (SSSR count). The first-order valence-corrected chi connectivity index (χ1v) is 5.84. The summed E-state index contributed by atoms with van der Waals surface area (Å²) in [6.45, 7) is 0. The Labute approximate surface area is 118 Å². The van der Waals surface area contributed by atoms with Crippen LogP contribution in [0, 0.1) is 0 Å². The number of nitrogens with zero attached hydrogens (tertiary/aromatic N) is 1. The number of anilines is 1. The molecule has 0 radical (unpaired) electrons. The molecule has 0 atom stereocenters. The predicted molar refractivity (Wildman–Crippen MR) is 72.3 cm³/mol. The van der Waals surface area contributed by atoms with Gasteiger partial charge in [-0.25, -0.2) is 9.78 Å². The molecule has 1 amide bonds. The average Bonchev–Trinajstić information content (AvgIpc) is 2.38. The fourth-order valence-electron chi connectivity index (χ4n) is 1.54. The van der Waals surface area contributed by atoms with Crippen molar-refractivity contribution in [2.75, 3.05) is 5.32 Å². The fraction of sp³-hybridized carbons (Fsp3) is 0. The highest BCUT2D eigenvalue weighted by atomic mass is 35.5. The van der Waals surface area contributed by atoms with Crippen LogP contribution in [-0.4, -0.2) is 27.1 Å². The van der Waals surface area contributed by atoms with Gasteiger partial charge in [0.25, 0.3) is 5.91 Å². The summed E-state index contributed by atoms with van der Waals surface area (Å²) in [7, 11) is 0. The van der Waals surface area contributed by atoms with Crippen LogP contribution >= 0.6 is 11.6 Å². The Balaban J connectivity index is 2.20. The average molecular weight is 293 g/mol. The van der Waals surface area contributed by atoms with Gasteiger partial charge in [-0.3, -0.25) is 4.79 Å². The van der Waals surface area contributed by atoms with Crippen molar-refractivity contribution in [3.8, 4) is 5.75 Å². The lowest BCUT2D eigenvalue weighted by molar-refractivity contribution is 0.0693. The Morgan fingerprint density at radius 3 is 2.55 bits per heavy atom. The summed E-state index contributed by atoms with van der Waals surface area (Å²) in [5, 5.41) is 21.0. The van der Waals surface area contributed by atoms with Gasteiger partial charge in [0.2, 0.25) is 0 Å². The second-order valence-corrected chi connectivity index (χ2v) is 4.25. The van der Waals surface area contributed by atoms with Crippen LogP contribution < -0.4 is 5.32 Å². The van der Waals surface area contributed by atoms with E-state index in [0.29, 0.717) is 5.56 Å². The minimum Gasteiger partial charge on any atom is -0.507 e. The van der Waals surface area contributed by atoms with Crippen LogP contribution in [-0.2, 0) is 0 Å². The number of phenols is 1. The number of aromatic nitrogens is 1. The lowest BCUT2D eigenvalue weighted by Gasteiger charge is -2.07. The minimum atomic E-state index is -1.25. The maximum atomic E-state index is 11.9. The van der Waals surface area contributed by atoms with Crippen molar-refractivity contribution >= 4 is 29.2 Å². The lowest BCUT2D eigenvalue weighted by Crippen LogP contribution is -2.12. The van der Waals surface area contributed by atoms with E-state index in [4.69, 9.17) is 16.7 Å². The first-order valence-electron chi connectivity index (χ1n) is 5.46. The summed E-state index contributed by atoms with van der Waals surface area (Å²) in [5.74, 6) is -2.12. The smallest absolute Gasteiger partial charge is 0.339 e. The van der Waals surface area contributed by atoms with Gasteiger partial charge in [-0.1, -0.05) is 11.6 Å². The van der Waals surface area contributed by atoms with Gasteiger partial charge in [-0.05, 0) is 24.3 Å². The Bertz CT molecular complexity index is 688. The maximum Gasteiger partial charge on any atom is 0.339 e. The van der Waals surface area contributed by atoms with Gasteiger partial charge in [0.05, 0.1) is 0 Å². The van der Waals surface area contributed by atoms with E-state index in [1.165, 1.54) is 30.5 Å². The van der Waals surface area contributed by atoms with Gasteiger partial charge in [0, 0.05) is 23.5 Å². The van der Waals surface area contributed by atoms with E-state index in [-0.39, 0.29) is 16.4 Å². The van der Waals surface area contributed by atoms with Gasteiger partial charge >= 0.3 is 5.97 Å². The third-order valence-electron chi connectivity index (χ3n) is 2.47. The summed E-state index contributed by atoms with van der Waals surface area (Å²) in [5.41, 5.74) is 0.326. The minimum absolute atomic E-state index is 0.182. The first-order chi connectivity index (χ1) is 9.47. The molecule has 0 aliphatic rings. The molecule has 0 fully saturated rings. The number of rotatable bonds is 3. The van der Waals surface area contributed by atoms with Crippen LogP contribution in [0.15, 0.2) is 36.5 Å². The Hall–Kier alpha value is -2.60. The second-order valence-electron chi connectivity index (χ2n) is 3.86. The molecule has 0 unspecified atom stereocenters. The zero-order valence-electron chi connectivity index (χ0n) is 10.0. The van der Waals surface area contributed by atoms with Crippen molar-refractivity contribution in [2.24, 2.45) is 0 Å². The van der Waals surface area contributed by atoms with Crippen LogP contribution in [0.1, 0.15) is 20.7 Å². The predicted octanol–water partition coefficient (Wildman–Crippen LogP) is 2.39. The Morgan fingerprint density at radius 1 is 1.20 bits per heavy atom. The molecule has 1 aromatic heterocycles. The number of carbonyl (C=O) groups is 2. The number of benzene rings is 1. The third kappa shape index (κ3) is 3.04. The highest BCUT2D eigenvalue weighted by Gasteiger charge is 2.12. The molecule has 2 aromatic rings. The number of carbonyl (C=O) groups excluding carboxylic acids is 1. The number of aromatic carboxylic acids is 1. The molecule has 0 aliphatic carbocycles. The SMILES string of the molecule is O=C(Nc1ccc(C(=O)O)c(O)c1)c1ccnc(Cl)c1. The van der Waals surface area contributed by atoms with Crippen LogP contribution in [0.3, 0.4) is 0 Å². The highest BCUT2D eigenvalue weighted by Crippen LogP contribution is 2.22. The third-order valence-corrected chi connectivity index (χ3v) is 2.68. The van der Waals surface area contributed by atoms with E-state index in [0.717, 1.165) is 6.07 Å². The molecule has 1 heterocycles. The molecule has 102 valence electrons. The van der Waals surface area contributed by atoms with Gasteiger partial charge in [0.15, 0.2) is 0 Å². The van der Waals surface area contributed by atoms with E-state index in [9.17, 15) is 14.7 Å². The molecule has 0 saturated carbocycles. The molecule has 0 spiro atoms. The number of nitrogens with one attached hydrogen (secondary N) is 1. The van der Waals surface area contributed by atoms with Crippen molar-refractivity contribution in [1.29, 1.82) is 0 Å². The number of hydrogen-bond acceptors (Lipinski definition) is 4.